The van der Waals surface area contributed by atoms with Gasteiger partial charge < -0.3 is 9.64 Å². The molecule has 1 fully saturated rings. The molecular weight excluding hydrogens is 342 g/mol. The second kappa shape index (κ2) is 7.56. The van der Waals surface area contributed by atoms with Crippen molar-refractivity contribution in [1.29, 1.82) is 0 Å². The molecule has 2 rings (SSSR count). The zero-order valence-corrected chi connectivity index (χ0v) is 15.9. The van der Waals surface area contributed by atoms with Gasteiger partial charge in [0.1, 0.15) is 0 Å². The van der Waals surface area contributed by atoms with Crippen molar-refractivity contribution in [3.63, 3.8) is 0 Å². The second-order valence-electron chi connectivity index (χ2n) is 6.80. The van der Waals surface area contributed by atoms with Gasteiger partial charge in [-0.25, -0.2) is 13.2 Å². The molecule has 0 aromatic heterocycles. The van der Waals surface area contributed by atoms with Gasteiger partial charge in [-0.05, 0) is 50.3 Å². The fourth-order valence-electron chi connectivity index (χ4n) is 2.81. The van der Waals surface area contributed by atoms with Gasteiger partial charge in [0, 0.05) is 19.3 Å². The molecule has 1 unspecified atom stereocenters. The average Bonchev–Trinajstić information content (AvgIpc) is 2.54. The predicted octanol–water partition coefficient (Wildman–Crippen LogP) is 2.20. The van der Waals surface area contributed by atoms with Crippen LogP contribution < -0.4 is 0 Å². The predicted molar refractivity (Wildman–Crippen MR) is 94.1 cm³/mol. The summed E-state index contributed by atoms with van der Waals surface area (Å²) in [7, 11) is -3.43. The van der Waals surface area contributed by atoms with Crippen LogP contribution in [0.5, 0.6) is 0 Å². The van der Waals surface area contributed by atoms with Crippen LogP contribution in [-0.4, -0.2) is 50.6 Å². The third-order valence-corrected chi connectivity index (χ3v) is 5.69. The lowest BCUT2D eigenvalue weighted by molar-refractivity contribution is -0.141. The number of esters is 1. The first-order chi connectivity index (χ1) is 11.6. The van der Waals surface area contributed by atoms with E-state index in [9.17, 15) is 18.0 Å². The molecule has 138 valence electrons. The Bertz CT molecular complexity index is 764. The summed E-state index contributed by atoms with van der Waals surface area (Å²) in [5.74, 6) is -0.297. The molecule has 1 amide bonds. The summed E-state index contributed by atoms with van der Waals surface area (Å²) in [5.41, 5.74) is 0.763. The van der Waals surface area contributed by atoms with Gasteiger partial charge in [0.2, 0.25) is 0 Å². The van der Waals surface area contributed by atoms with Gasteiger partial charge >= 0.3 is 5.97 Å². The fraction of sp³-hybridized carbons (Fsp3) is 0.556. The third kappa shape index (κ3) is 4.81. The molecule has 0 spiro atoms. The number of carbonyl (C=O) groups is 2. The first-order valence-electron chi connectivity index (χ1n) is 8.40. The Labute approximate surface area is 149 Å². The summed E-state index contributed by atoms with van der Waals surface area (Å²) in [5, 5.41) is 0. The minimum atomic E-state index is -3.43. The summed E-state index contributed by atoms with van der Waals surface area (Å²) >= 11 is 0. The minimum absolute atomic E-state index is 0.0500. The molecule has 7 heteroatoms. The van der Waals surface area contributed by atoms with E-state index in [2.05, 4.69) is 6.92 Å². The van der Waals surface area contributed by atoms with Crippen LogP contribution in [0.25, 0.3) is 0 Å². The van der Waals surface area contributed by atoms with Crippen LogP contribution in [0.3, 0.4) is 0 Å². The Morgan fingerprint density at radius 3 is 2.40 bits per heavy atom. The molecule has 1 aliphatic rings. The summed E-state index contributed by atoms with van der Waals surface area (Å²) in [4.78, 5) is 26.6. The Balaban J connectivity index is 2.10. The van der Waals surface area contributed by atoms with Crippen molar-refractivity contribution in [3.8, 4) is 0 Å². The van der Waals surface area contributed by atoms with E-state index in [-0.39, 0.29) is 16.4 Å². The van der Waals surface area contributed by atoms with Gasteiger partial charge in [-0.2, -0.15) is 0 Å². The van der Waals surface area contributed by atoms with Gasteiger partial charge in [-0.1, -0.05) is 13.0 Å². The van der Waals surface area contributed by atoms with E-state index in [4.69, 9.17) is 4.74 Å². The highest BCUT2D eigenvalue weighted by Crippen LogP contribution is 2.19. The fourth-order valence-corrected chi connectivity index (χ4v) is 3.46. The molecule has 1 aliphatic heterocycles. The molecule has 1 atom stereocenters. The Morgan fingerprint density at radius 2 is 1.84 bits per heavy atom. The van der Waals surface area contributed by atoms with Crippen molar-refractivity contribution < 1.29 is 22.7 Å². The van der Waals surface area contributed by atoms with Gasteiger partial charge in [-0.15, -0.1) is 0 Å². The Kier molecular flexibility index (Phi) is 5.87. The maximum absolute atomic E-state index is 12.4. The van der Waals surface area contributed by atoms with E-state index < -0.39 is 21.9 Å². The lowest BCUT2D eigenvalue weighted by Gasteiger charge is -2.31. The number of piperidine rings is 1. The van der Waals surface area contributed by atoms with Crippen LogP contribution in [0.2, 0.25) is 0 Å². The van der Waals surface area contributed by atoms with Crippen LogP contribution in [0.1, 0.15) is 42.6 Å². The topological polar surface area (TPSA) is 80.7 Å². The summed E-state index contributed by atoms with van der Waals surface area (Å²) in [6, 6.07) is 4.31. The van der Waals surface area contributed by atoms with E-state index in [0.29, 0.717) is 24.6 Å². The zero-order valence-electron chi connectivity index (χ0n) is 15.1. The van der Waals surface area contributed by atoms with Crippen molar-refractivity contribution in [3.05, 3.63) is 29.3 Å². The van der Waals surface area contributed by atoms with E-state index in [1.165, 1.54) is 12.1 Å². The summed E-state index contributed by atoms with van der Waals surface area (Å²) < 4.78 is 28.6. The third-order valence-electron chi connectivity index (χ3n) is 4.58. The zero-order chi connectivity index (χ0) is 18.8. The molecule has 0 saturated carbocycles. The Morgan fingerprint density at radius 1 is 1.24 bits per heavy atom. The minimum Gasteiger partial charge on any atom is -0.449 e. The number of aryl methyl sites for hydroxylation is 1. The van der Waals surface area contributed by atoms with E-state index in [1.54, 1.807) is 24.8 Å². The standard InChI is InChI=1S/C18H25NO5S/c1-12-7-9-19(10-8-12)17(20)14(3)24-18(21)16-11-15(25(4,22)23)6-5-13(16)2/h5-6,11-12,14H,7-10H2,1-4H3. The number of likely N-dealkylation sites (tertiary alicyclic amines) is 1. The van der Waals surface area contributed by atoms with Crippen LogP contribution in [-0.2, 0) is 19.4 Å². The normalized spacial score (nSPS) is 17.2. The van der Waals surface area contributed by atoms with E-state index in [0.717, 1.165) is 19.1 Å². The lowest BCUT2D eigenvalue weighted by atomic mass is 9.99. The van der Waals surface area contributed by atoms with E-state index >= 15 is 0 Å². The summed E-state index contributed by atoms with van der Waals surface area (Å²) in [6.07, 6.45) is 2.07. The quantitative estimate of drug-likeness (QED) is 0.762. The molecule has 0 N–H and O–H groups in total. The first kappa shape index (κ1) is 19.4. The SMILES string of the molecule is Cc1ccc(S(C)(=O)=O)cc1C(=O)OC(C)C(=O)N1CCC(C)CC1. The van der Waals surface area contributed by atoms with Crippen molar-refractivity contribution in [2.24, 2.45) is 5.92 Å². The second-order valence-corrected chi connectivity index (χ2v) is 8.82. The van der Waals surface area contributed by atoms with Crippen LogP contribution >= 0.6 is 0 Å². The summed E-state index contributed by atoms with van der Waals surface area (Å²) in [6.45, 7) is 6.74. The lowest BCUT2D eigenvalue weighted by Crippen LogP contribution is -2.44. The number of amides is 1. The van der Waals surface area contributed by atoms with Gasteiger partial charge in [0.25, 0.3) is 5.91 Å². The first-order valence-corrected chi connectivity index (χ1v) is 10.3. The monoisotopic (exact) mass is 367 g/mol. The largest absolute Gasteiger partial charge is 0.449 e. The smallest absolute Gasteiger partial charge is 0.339 e. The molecule has 1 saturated heterocycles. The Hall–Kier alpha value is -1.89. The molecule has 1 heterocycles. The molecular formula is C18H25NO5S. The highest BCUT2D eigenvalue weighted by molar-refractivity contribution is 7.90. The molecule has 6 nitrogen and oxygen atoms in total. The number of hydrogen-bond acceptors (Lipinski definition) is 5. The van der Waals surface area contributed by atoms with Crippen LogP contribution in [0, 0.1) is 12.8 Å². The molecule has 0 radical (unpaired) electrons. The molecule has 0 aliphatic carbocycles. The number of ether oxygens (including phenoxy) is 1. The van der Waals surface area contributed by atoms with Gasteiger partial charge in [0.05, 0.1) is 10.5 Å². The number of hydrogen-bond donors (Lipinski definition) is 0. The number of carbonyl (C=O) groups excluding carboxylic acids is 2. The molecule has 1 aromatic carbocycles. The number of rotatable bonds is 4. The van der Waals surface area contributed by atoms with Crippen LogP contribution in [0.4, 0.5) is 0 Å². The highest BCUT2D eigenvalue weighted by atomic mass is 32.2. The number of sulfone groups is 1. The van der Waals surface area contributed by atoms with Gasteiger partial charge in [-0.3, -0.25) is 4.79 Å². The molecule has 1 aromatic rings. The number of nitrogens with zero attached hydrogens (tertiary/aromatic N) is 1. The van der Waals surface area contributed by atoms with Crippen LogP contribution in [0.15, 0.2) is 23.1 Å². The van der Waals surface area contributed by atoms with Crippen molar-refractivity contribution >= 4 is 21.7 Å². The van der Waals surface area contributed by atoms with Crippen molar-refractivity contribution in [2.45, 2.75) is 44.6 Å². The molecule has 0 bridgehead atoms. The highest BCUT2D eigenvalue weighted by Gasteiger charge is 2.27. The number of benzene rings is 1. The van der Waals surface area contributed by atoms with Crippen molar-refractivity contribution in [1.82, 2.24) is 4.90 Å². The maximum Gasteiger partial charge on any atom is 0.339 e. The van der Waals surface area contributed by atoms with E-state index in [1.807, 2.05) is 0 Å². The molecule has 25 heavy (non-hydrogen) atoms. The van der Waals surface area contributed by atoms with Crippen molar-refractivity contribution in [2.75, 3.05) is 19.3 Å². The maximum atomic E-state index is 12.4. The average molecular weight is 367 g/mol. The van der Waals surface area contributed by atoms with Gasteiger partial charge in [0.15, 0.2) is 15.9 Å².